The maximum Gasteiger partial charge on any atom is 0.245 e. The molecule has 7 heteroatoms. The van der Waals surface area contributed by atoms with E-state index in [0.29, 0.717) is 6.42 Å². The zero-order valence-electron chi connectivity index (χ0n) is 10.9. The molecule has 0 spiro atoms. The van der Waals surface area contributed by atoms with Crippen molar-refractivity contribution in [3.63, 3.8) is 0 Å². The minimum atomic E-state index is -4.01. The van der Waals surface area contributed by atoms with Gasteiger partial charge in [0.1, 0.15) is 10.7 Å². The van der Waals surface area contributed by atoms with Gasteiger partial charge in [0, 0.05) is 13.1 Å². The Bertz CT molecular complexity index is 546. The summed E-state index contributed by atoms with van der Waals surface area (Å²) in [7, 11) is -4.01. The van der Waals surface area contributed by atoms with Crippen molar-refractivity contribution in [3.8, 4) is 0 Å². The lowest BCUT2D eigenvalue weighted by Gasteiger charge is -2.20. The number of aliphatic hydroxyl groups is 1. The molecule has 0 aliphatic heterocycles. The number of sulfonamides is 1. The molecule has 1 N–H and O–H groups in total. The predicted molar refractivity (Wildman–Crippen MR) is 67.0 cm³/mol. The first-order valence-corrected chi connectivity index (χ1v) is 7.42. The van der Waals surface area contributed by atoms with Crippen molar-refractivity contribution in [2.24, 2.45) is 0 Å². The molecule has 4 nitrogen and oxygen atoms in total. The van der Waals surface area contributed by atoms with Gasteiger partial charge in [-0.3, -0.25) is 0 Å². The molecule has 19 heavy (non-hydrogen) atoms. The van der Waals surface area contributed by atoms with Crippen LogP contribution >= 0.6 is 0 Å². The Kier molecular flexibility index (Phi) is 5.39. The van der Waals surface area contributed by atoms with Gasteiger partial charge in [0.25, 0.3) is 0 Å². The van der Waals surface area contributed by atoms with Crippen LogP contribution in [0.25, 0.3) is 0 Å². The molecule has 108 valence electrons. The fraction of sp³-hybridized carbons (Fsp3) is 0.500. The van der Waals surface area contributed by atoms with Crippen molar-refractivity contribution in [2.75, 3.05) is 13.1 Å². The van der Waals surface area contributed by atoms with Crippen LogP contribution in [0.2, 0.25) is 0 Å². The lowest BCUT2D eigenvalue weighted by Crippen LogP contribution is -2.32. The molecule has 0 heterocycles. The van der Waals surface area contributed by atoms with Gasteiger partial charge in [0.2, 0.25) is 10.0 Å². The molecule has 1 aromatic carbocycles. The lowest BCUT2D eigenvalue weighted by atomic mass is 10.2. The molecule has 0 saturated heterocycles. The number of hydrogen-bond acceptors (Lipinski definition) is 3. The van der Waals surface area contributed by atoms with Gasteiger partial charge in [-0.05, 0) is 18.6 Å². The van der Waals surface area contributed by atoms with E-state index in [1.165, 1.54) is 0 Å². The SMILES string of the molecule is CCCN(CC)S(=O)(=O)c1ccc(F)c(CO)c1F. The summed E-state index contributed by atoms with van der Waals surface area (Å²) in [6.07, 6.45) is 0.586. The Morgan fingerprint density at radius 1 is 1.26 bits per heavy atom. The molecule has 0 saturated carbocycles. The van der Waals surface area contributed by atoms with Crippen molar-refractivity contribution < 1.29 is 22.3 Å². The summed E-state index contributed by atoms with van der Waals surface area (Å²) in [6, 6.07) is 1.73. The Balaban J connectivity index is 3.37. The quantitative estimate of drug-likeness (QED) is 0.871. The molecule has 0 amide bonds. The molecule has 1 rings (SSSR count). The lowest BCUT2D eigenvalue weighted by molar-refractivity contribution is 0.267. The van der Waals surface area contributed by atoms with Crippen molar-refractivity contribution in [1.29, 1.82) is 0 Å². The van der Waals surface area contributed by atoms with Crippen LogP contribution in [0.1, 0.15) is 25.8 Å². The van der Waals surface area contributed by atoms with Crippen LogP contribution in [-0.2, 0) is 16.6 Å². The van der Waals surface area contributed by atoms with E-state index in [9.17, 15) is 17.2 Å². The van der Waals surface area contributed by atoms with Crippen LogP contribution in [0.4, 0.5) is 8.78 Å². The monoisotopic (exact) mass is 293 g/mol. The topological polar surface area (TPSA) is 57.6 Å². The Morgan fingerprint density at radius 3 is 2.37 bits per heavy atom. The molecule has 0 aliphatic rings. The second-order valence-electron chi connectivity index (χ2n) is 3.99. The van der Waals surface area contributed by atoms with Crippen LogP contribution < -0.4 is 0 Å². The second kappa shape index (κ2) is 6.40. The average molecular weight is 293 g/mol. The highest BCUT2D eigenvalue weighted by atomic mass is 32.2. The van der Waals surface area contributed by atoms with E-state index < -0.39 is 38.7 Å². The zero-order chi connectivity index (χ0) is 14.6. The Morgan fingerprint density at radius 2 is 1.89 bits per heavy atom. The van der Waals surface area contributed by atoms with E-state index in [4.69, 9.17) is 5.11 Å². The number of rotatable bonds is 6. The number of aliphatic hydroxyl groups excluding tert-OH is 1. The summed E-state index contributed by atoms with van der Waals surface area (Å²) in [5.74, 6) is -2.19. The smallest absolute Gasteiger partial charge is 0.245 e. The summed E-state index contributed by atoms with van der Waals surface area (Å²) in [5.41, 5.74) is -0.631. The van der Waals surface area contributed by atoms with E-state index in [1.54, 1.807) is 13.8 Å². The predicted octanol–water partition coefficient (Wildman–Crippen LogP) is 1.88. The fourth-order valence-electron chi connectivity index (χ4n) is 1.76. The van der Waals surface area contributed by atoms with E-state index in [-0.39, 0.29) is 13.1 Å². The molecular formula is C12H17F2NO3S. The van der Waals surface area contributed by atoms with Gasteiger partial charge in [0.15, 0.2) is 5.82 Å². The summed E-state index contributed by atoms with van der Waals surface area (Å²) in [5, 5.41) is 8.90. The zero-order valence-corrected chi connectivity index (χ0v) is 11.7. The van der Waals surface area contributed by atoms with Gasteiger partial charge in [-0.25, -0.2) is 17.2 Å². The molecule has 0 aliphatic carbocycles. The number of nitrogens with zero attached hydrogens (tertiary/aromatic N) is 1. The summed E-state index contributed by atoms with van der Waals surface area (Å²) in [4.78, 5) is -0.603. The Hall–Kier alpha value is -1.05. The summed E-state index contributed by atoms with van der Waals surface area (Å²) >= 11 is 0. The van der Waals surface area contributed by atoms with Gasteiger partial charge in [-0.15, -0.1) is 0 Å². The largest absolute Gasteiger partial charge is 0.391 e. The maximum absolute atomic E-state index is 14.0. The van der Waals surface area contributed by atoms with E-state index >= 15 is 0 Å². The molecule has 0 radical (unpaired) electrons. The van der Waals surface area contributed by atoms with Crippen LogP contribution in [-0.4, -0.2) is 30.9 Å². The highest BCUT2D eigenvalue weighted by Gasteiger charge is 2.28. The number of benzene rings is 1. The first-order valence-electron chi connectivity index (χ1n) is 5.98. The third-order valence-electron chi connectivity index (χ3n) is 2.75. The first kappa shape index (κ1) is 16.0. The Labute approximate surface area is 111 Å². The van der Waals surface area contributed by atoms with Gasteiger partial charge < -0.3 is 5.11 Å². The standard InChI is InChI=1S/C12H17F2NO3S/c1-3-7-15(4-2)19(17,18)11-6-5-10(13)9(8-16)12(11)14/h5-6,16H,3-4,7-8H2,1-2H3. The molecule has 0 atom stereocenters. The number of hydrogen-bond donors (Lipinski definition) is 1. The minimum absolute atomic E-state index is 0.196. The highest BCUT2D eigenvalue weighted by molar-refractivity contribution is 7.89. The number of halogens is 2. The maximum atomic E-state index is 14.0. The average Bonchev–Trinajstić information content (AvgIpc) is 2.35. The summed E-state index contributed by atoms with van der Waals surface area (Å²) in [6.45, 7) is 3.01. The van der Waals surface area contributed by atoms with E-state index in [2.05, 4.69) is 0 Å². The first-order chi connectivity index (χ1) is 8.89. The molecule has 0 fully saturated rings. The van der Waals surface area contributed by atoms with Crippen molar-refractivity contribution in [1.82, 2.24) is 4.31 Å². The van der Waals surface area contributed by atoms with E-state index in [1.807, 2.05) is 0 Å². The van der Waals surface area contributed by atoms with Gasteiger partial charge >= 0.3 is 0 Å². The molecule has 0 bridgehead atoms. The van der Waals surface area contributed by atoms with Gasteiger partial charge in [0.05, 0.1) is 12.2 Å². The molecule has 1 aromatic rings. The molecule has 0 unspecified atom stereocenters. The van der Waals surface area contributed by atoms with Crippen LogP contribution in [0.3, 0.4) is 0 Å². The van der Waals surface area contributed by atoms with Crippen LogP contribution in [0.5, 0.6) is 0 Å². The highest BCUT2D eigenvalue weighted by Crippen LogP contribution is 2.24. The van der Waals surface area contributed by atoms with Crippen molar-refractivity contribution >= 4 is 10.0 Å². The normalized spacial score (nSPS) is 12.1. The van der Waals surface area contributed by atoms with Crippen LogP contribution in [0, 0.1) is 11.6 Å². The van der Waals surface area contributed by atoms with E-state index in [0.717, 1.165) is 16.4 Å². The van der Waals surface area contributed by atoms with Crippen molar-refractivity contribution in [3.05, 3.63) is 29.3 Å². The molecular weight excluding hydrogens is 276 g/mol. The fourth-order valence-corrected chi connectivity index (χ4v) is 3.39. The van der Waals surface area contributed by atoms with Crippen LogP contribution in [0.15, 0.2) is 17.0 Å². The minimum Gasteiger partial charge on any atom is -0.391 e. The van der Waals surface area contributed by atoms with Gasteiger partial charge in [-0.2, -0.15) is 4.31 Å². The second-order valence-corrected chi connectivity index (χ2v) is 5.90. The van der Waals surface area contributed by atoms with Gasteiger partial charge in [-0.1, -0.05) is 13.8 Å². The van der Waals surface area contributed by atoms with Crippen molar-refractivity contribution in [2.45, 2.75) is 31.8 Å². The summed E-state index contributed by atoms with van der Waals surface area (Å²) < 4.78 is 52.8. The third-order valence-corrected chi connectivity index (χ3v) is 4.74. The third kappa shape index (κ3) is 3.10. The molecule has 0 aromatic heterocycles.